The van der Waals surface area contributed by atoms with Crippen LogP contribution in [-0.2, 0) is 11.2 Å². The van der Waals surface area contributed by atoms with Crippen LogP contribution in [0.3, 0.4) is 0 Å². The molecule has 3 aromatic rings. The number of benzene rings is 3. The van der Waals surface area contributed by atoms with Gasteiger partial charge in [-0.3, -0.25) is 9.59 Å². The molecule has 0 saturated heterocycles. The maximum atomic E-state index is 13.6. The van der Waals surface area contributed by atoms with Gasteiger partial charge in [-0.05, 0) is 60.9 Å². The van der Waals surface area contributed by atoms with E-state index in [-0.39, 0.29) is 17.9 Å². The highest BCUT2D eigenvalue weighted by Gasteiger charge is 2.40. The first-order valence-electron chi connectivity index (χ1n) is 13.7. The van der Waals surface area contributed by atoms with Crippen molar-refractivity contribution < 1.29 is 9.59 Å². The number of hydrogen-bond donors (Lipinski definition) is 3. The Kier molecular flexibility index (Phi) is 7.88. The van der Waals surface area contributed by atoms with Crippen molar-refractivity contribution in [1.29, 1.82) is 0 Å². The average molecular weight is 496 g/mol. The van der Waals surface area contributed by atoms with E-state index in [2.05, 4.69) is 70.5 Å². The van der Waals surface area contributed by atoms with Gasteiger partial charge >= 0.3 is 0 Å². The molecule has 5 heteroatoms. The molecule has 192 valence electrons. The van der Waals surface area contributed by atoms with Crippen LogP contribution in [0.2, 0.25) is 0 Å². The van der Waals surface area contributed by atoms with Gasteiger partial charge in [0.1, 0.15) is 0 Å². The zero-order valence-corrected chi connectivity index (χ0v) is 21.4. The fourth-order valence-electron chi connectivity index (χ4n) is 6.02. The van der Waals surface area contributed by atoms with Crippen LogP contribution in [0.25, 0.3) is 0 Å². The Hall–Kier alpha value is -3.60. The van der Waals surface area contributed by atoms with Gasteiger partial charge in [-0.1, -0.05) is 86.0 Å². The van der Waals surface area contributed by atoms with Crippen molar-refractivity contribution in [3.8, 4) is 0 Å². The van der Waals surface area contributed by atoms with Gasteiger partial charge in [0.2, 0.25) is 5.91 Å². The van der Waals surface area contributed by atoms with Gasteiger partial charge in [-0.15, -0.1) is 0 Å². The standard InChI is InChI=1S/C32H37N3O2/c36-30(25-14-6-2-7-15-25)34-23-32(19-10-3-11-20-32)31(37)33-21-18-27-22-26-16-8-9-17-28(26)35-29(27)24-12-4-1-5-13-24/h1-2,4-9,12-17,27,29,35H,3,10-11,18-23H2,(H,33,37)(H,34,36)/t27-,29-/m0/s1. The minimum absolute atomic E-state index is 0.0843. The summed E-state index contributed by atoms with van der Waals surface area (Å²) in [7, 11) is 0. The van der Waals surface area contributed by atoms with E-state index < -0.39 is 5.41 Å². The van der Waals surface area contributed by atoms with Crippen molar-refractivity contribution in [3.05, 3.63) is 102 Å². The molecule has 5 nitrogen and oxygen atoms in total. The molecule has 0 aromatic heterocycles. The summed E-state index contributed by atoms with van der Waals surface area (Å²) in [6.07, 6.45) is 6.70. The van der Waals surface area contributed by atoms with Crippen molar-refractivity contribution in [2.75, 3.05) is 18.4 Å². The van der Waals surface area contributed by atoms with E-state index in [9.17, 15) is 9.59 Å². The smallest absolute Gasteiger partial charge is 0.251 e. The predicted octanol–water partition coefficient (Wildman–Crippen LogP) is 5.90. The lowest BCUT2D eigenvalue weighted by molar-refractivity contribution is -0.132. The van der Waals surface area contributed by atoms with E-state index in [4.69, 9.17) is 0 Å². The van der Waals surface area contributed by atoms with E-state index in [1.165, 1.54) is 16.8 Å². The molecule has 0 bridgehead atoms. The van der Waals surface area contributed by atoms with E-state index >= 15 is 0 Å². The highest BCUT2D eigenvalue weighted by Crippen LogP contribution is 2.39. The van der Waals surface area contributed by atoms with Crippen LogP contribution in [0.4, 0.5) is 5.69 Å². The third-order valence-electron chi connectivity index (χ3n) is 8.16. The largest absolute Gasteiger partial charge is 0.378 e. The third kappa shape index (κ3) is 5.87. The van der Waals surface area contributed by atoms with Gasteiger partial charge in [0.05, 0.1) is 11.5 Å². The summed E-state index contributed by atoms with van der Waals surface area (Å²) in [5, 5.41) is 10.1. The molecular weight excluding hydrogens is 458 g/mol. The van der Waals surface area contributed by atoms with Crippen LogP contribution in [-0.4, -0.2) is 24.9 Å². The van der Waals surface area contributed by atoms with Crippen molar-refractivity contribution in [3.63, 3.8) is 0 Å². The lowest BCUT2D eigenvalue weighted by Gasteiger charge is -2.37. The van der Waals surface area contributed by atoms with E-state index in [1.807, 2.05) is 30.3 Å². The number of hydrogen-bond acceptors (Lipinski definition) is 3. The summed E-state index contributed by atoms with van der Waals surface area (Å²) in [4.78, 5) is 26.3. The molecule has 1 aliphatic carbocycles. The molecule has 1 aliphatic heterocycles. The summed E-state index contributed by atoms with van der Waals surface area (Å²) < 4.78 is 0. The van der Waals surface area contributed by atoms with Gasteiger partial charge < -0.3 is 16.0 Å². The predicted molar refractivity (Wildman–Crippen MR) is 148 cm³/mol. The van der Waals surface area contributed by atoms with Gasteiger partial charge in [-0.25, -0.2) is 0 Å². The summed E-state index contributed by atoms with van der Waals surface area (Å²) in [5.41, 5.74) is 3.91. The second kappa shape index (κ2) is 11.6. The Balaban J connectivity index is 1.23. The number of nitrogens with one attached hydrogen (secondary N) is 3. The van der Waals surface area contributed by atoms with Gasteiger partial charge in [0, 0.05) is 24.3 Å². The fraction of sp³-hybridized carbons (Fsp3) is 0.375. The van der Waals surface area contributed by atoms with Gasteiger partial charge in [0.25, 0.3) is 5.91 Å². The number of rotatable bonds is 8. The zero-order chi connectivity index (χ0) is 25.5. The van der Waals surface area contributed by atoms with Crippen molar-refractivity contribution in [1.82, 2.24) is 10.6 Å². The summed E-state index contributed by atoms with van der Waals surface area (Å²) >= 11 is 0. The molecule has 2 aliphatic rings. The number of carbonyl (C=O) groups excluding carboxylic acids is 2. The number of carbonyl (C=O) groups is 2. The van der Waals surface area contributed by atoms with Crippen molar-refractivity contribution in [2.24, 2.45) is 11.3 Å². The van der Waals surface area contributed by atoms with Crippen LogP contribution in [0.5, 0.6) is 0 Å². The lowest BCUT2D eigenvalue weighted by Crippen LogP contribution is -2.50. The quantitative estimate of drug-likeness (QED) is 0.364. The highest BCUT2D eigenvalue weighted by molar-refractivity contribution is 5.94. The monoisotopic (exact) mass is 495 g/mol. The molecule has 3 aromatic carbocycles. The van der Waals surface area contributed by atoms with E-state index in [0.717, 1.165) is 44.9 Å². The van der Waals surface area contributed by atoms with E-state index in [1.54, 1.807) is 0 Å². The lowest BCUT2D eigenvalue weighted by atomic mass is 9.73. The topological polar surface area (TPSA) is 70.2 Å². The molecule has 2 atom stereocenters. The second-order valence-corrected chi connectivity index (χ2v) is 10.6. The first-order chi connectivity index (χ1) is 18.1. The van der Waals surface area contributed by atoms with Gasteiger partial charge in [0.15, 0.2) is 0 Å². The highest BCUT2D eigenvalue weighted by atomic mass is 16.2. The molecule has 37 heavy (non-hydrogen) atoms. The summed E-state index contributed by atoms with van der Waals surface area (Å²) in [5.74, 6) is 0.342. The zero-order valence-electron chi connectivity index (χ0n) is 21.4. The fourth-order valence-corrected chi connectivity index (χ4v) is 6.02. The Morgan fingerprint density at radius 2 is 1.49 bits per heavy atom. The molecule has 2 amide bonds. The molecule has 0 radical (unpaired) electrons. The van der Waals surface area contributed by atoms with Gasteiger partial charge in [-0.2, -0.15) is 0 Å². The normalized spacial score (nSPS) is 20.2. The Bertz CT molecular complexity index is 1190. The Morgan fingerprint density at radius 3 is 2.24 bits per heavy atom. The van der Waals surface area contributed by atoms with Crippen molar-refractivity contribution >= 4 is 17.5 Å². The number of anilines is 1. The molecule has 3 N–H and O–H groups in total. The first-order valence-corrected chi connectivity index (χ1v) is 13.7. The van der Waals surface area contributed by atoms with Crippen molar-refractivity contribution in [2.45, 2.75) is 51.0 Å². The molecule has 1 saturated carbocycles. The minimum Gasteiger partial charge on any atom is -0.378 e. The molecule has 0 spiro atoms. The van der Waals surface area contributed by atoms with Crippen LogP contribution in [0.1, 0.15) is 66.1 Å². The number of fused-ring (bicyclic) bond motifs is 1. The van der Waals surface area contributed by atoms with Crippen LogP contribution >= 0.6 is 0 Å². The van der Waals surface area contributed by atoms with E-state index in [0.29, 0.717) is 24.6 Å². The SMILES string of the molecule is O=C(NCC1(C(=O)NCC[C@H]2Cc3ccccc3N[C@H]2c2ccccc2)CCCCC1)c1ccccc1. The molecular formula is C32H37N3O2. The van der Waals surface area contributed by atoms with Crippen LogP contribution in [0.15, 0.2) is 84.9 Å². The Morgan fingerprint density at radius 1 is 0.811 bits per heavy atom. The van der Waals surface area contributed by atoms with Crippen LogP contribution < -0.4 is 16.0 Å². The first kappa shape index (κ1) is 25.1. The number of para-hydroxylation sites is 1. The second-order valence-electron chi connectivity index (χ2n) is 10.6. The summed E-state index contributed by atoms with van der Waals surface area (Å²) in [6, 6.07) is 28.6. The number of amides is 2. The molecule has 0 unspecified atom stereocenters. The Labute approximate surface area is 220 Å². The molecule has 1 heterocycles. The molecule has 1 fully saturated rings. The maximum absolute atomic E-state index is 13.6. The third-order valence-corrected chi connectivity index (χ3v) is 8.16. The average Bonchev–Trinajstić information content (AvgIpc) is 2.97. The maximum Gasteiger partial charge on any atom is 0.251 e. The van der Waals surface area contributed by atoms with Crippen LogP contribution in [0, 0.1) is 11.3 Å². The summed E-state index contributed by atoms with van der Waals surface area (Å²) in [6.45, 7) is 1.02. The minimum atomic E-state index is -0.529. The molecule has 5 rings (SSSR count).